The molecule has 1 aliphatic carbocycles. The maximum Gasteiger partial charge on any atom is 0.159 e. The first-order valence-corrected chi connectivity index (χ1v) is 18.1. The van der Waals surface area contributed by atoms with Gasteiger partial charge in [-0.25, -0.2) is 0 Å². The summed E-state index contributed by atoms with van der Waals surface area (Å²) in [5.74, 6) is 0.942. The number of aryl methyl sites for hydroxylation is 1. The summed E-state index contributed by atoms with van der Waals surface area (Å²) in [5, 5.41) is 6.64. The normalized spacial score (nSPS) is 14.2. The van der Waals surface area contributed by atoms with E-state index in [-0.39, 0.29) is 0 Å². The molecule has 3 heterocycles. The maximum atomic E-state index is 6.82. The molecule has 0 spiro atoms. The van der Waals surface area contributed by atoms with E-state index in [2.05, 4.69) is 155 Å². The molecule has 0 atom stereocenters. The van der Waals surface area contributed by atoms with E-state index in [4.69, 9.17) is 4.42 Å². The molecule has 0 radical (unpaired) electrons. The molecular weight excluding hydrogens is 647 g/mol. The summed E-state index contributed by atoms with van der Waals surface area (Å²) in [5.41, 5.74) is 8.51. The zero-order chi connectivity index (χ0) is 36.3. The summed E-state index contributed by atoms with van der Waals surface area (Å²) in [6, 6.07) is 30.3. The lowest BCUT2D eigenvalue weighted by Gasteiger charge is -2.22. The van der Waals surface area contributed by atoms with Crippen molar-refractivity contribution in [3.05, 3.63) is 193 Å². The van der Waals surface area contributed by atoms with Gasteiger partial charge < -0.3 is 18.5 Å². The zero-order valence-electron chi connectivity index (χ0n) is 30.0. The van der Waals surface area contributed by atoms with Gasteiger partial charge in [0, 0.05) is 61.8 Å². The molecule has 0 saturated carbocycles. The number of benzene rings is 4. The Labute approximate surface area is 309 Å². The molecule has 3 aromatic heterocycles. The first-order chi connectivity index (χ1) is 26.2. The molecule has 0 aliphatic heterocycles. The minimum Gasteiger partial charge on any atom is -0.454 e. The van der Waals surface area contributed by atoms with E-state index in [9.17, 15) is 0 Å². The summed E-state index contributed by atoms with van der Waals surface area (Å²) in [6.45, 7) is 14.1. The number of para-hydroxylation sites is 2. The van der Waals surface area contributed by atoms with Crippen molar-refractivity contribution in [3.63, 3.8) is 0 Å². The number of rotatable bonds is 10. The third-order valence-corrected chi connectivity index (χ3v) is 9.84. The molecule has 1 aliphatic rings. The van der Waals surface area contributed by atoms with Gasteiger partial charge in [0.05, 0.1) is 21.9 Å². The van der Waals surface area contributed by atoms with E-state index in [1.165, 1.54) is 10.9 Å². The van der Waals surface area contributed by atoms with E-state index in [1.54, 1.807) is 6.08 Å². The monoisotopic (exact) mass is 687 g/mol. The van der Waals surface area contributed by atoms with Crippen LogP contribution >= 0.6 is 0 Å². The lowest BCUT2D eigenvalue weighted by Crippen LogP contribution is -2.31. The third-order valence-electron chi connectivity index (χ3n) is 9.84. The summed E-state index contributed by atoms with van der Waals surface area (Å²) in [7, 11) is 0. The van der Waals surface area contributed by atoms with Crippen molar-refractivity contribution >= 4 is 73.9 Å². The second kappa shape index (κ2) is 14.5. The van der Waals surface area contributed by atoms with Crippen LogP contribution in [0.3, 0.4) is 0 Å². The molecule has 0 amide bonds. The van der Waals surface area contributed by atoms with Crippen LogP contribution in [0.25, 0.3) is 73.9 Å². The van der Waals surface area contributed by atoms with Gasteiger partial charge in [-0.15, -0.1) is 0 Å². The second-order valence-electron chi connectivity index (χ2n) is 13.0. The van der Waals surface area contributed by atoms with Crippen molar-refractivity contribution < 1.29 is 4.42 Å². The van der Waals surface area contributed by atoms with Crippen molar-refractivity contribution in [1.82, 2.24) is 9.13 Å². The predicted octanol–water partition coefficient (Wildman–Crippen LogP) is 11.5. The van der Waals surface area contributed by atoms with Crippen LogP contribution in [0.15, 0.2) is 176 Å². The fraction of sp³-hybridized carbons (Fsp3) is 0.0612. The Morgan fingerprint density at radius 1 is 0.792 bits per heavy atom. The number of hydrogen-bond donors (Lipinski definition) is 0. The standard InChI is InChI=1S/C49H41N3O/c1-5-9-10-18-32-50-44-26-16-14-24-38(44)42-33-37(28-31-45(42)50)52-46(21-8-4)43(34-51(35(19-6-2)20-7-3)36-22-12-11-13-23-36)40-29-30-41-39-25-15-17-27-47(39)53-49(41)48(40)52/h5-14,16-24,26-34H,1-2,4,15,25H2,3H3/b10-9-,20-7-,32-18-,35-19+,43-34-,46-21+. The van der Waals surface area contributed by atoms with Crippen molar-refractivity contribution in [3.8, 4) is 5.69 Å². The maximum absolute atomic E-state index is 6.82. The van der Waals surface area contributed by atoms with Crippen LogP contribution in [0.2, 0.25) is 0 Å². The molecule has 4 nitrogen and oxygen atoms in total. The Balaban J connectivity index is 1.50. The van der Waals surface area contributed by atoms with Crippen LogP contribution in [-0.2, 0) is 6.42 Å². The molecular formula is C49H41N3O. The first-order valence-electron chi connectivity index (χ1n) is 18.1. The Morgan fingerprint density at radius 3 is 2.42 bits per heavy atom. The average Bonchev–Trinajstić information content (AvgIpc) is 3.83. The molecule has 8 rings (SSSR count). The fourth-order valence-electron chi connectivity index (χ4n) is 7.62. The van der Waals surface area contributed by atoms with Gasteiger partial charge in [0.2, 0.25) is 0 Å². The SMILES string of the molecule is C=C/C=C\C=C/n1c2ccccc2c2cc(-n3c(=C/C=C)/c(=C\N(C(/C=C\C)=C/C=C)c4ccccc4)c4ccc5c6c(oc5c43)C=CCC6)ccc21. The number of allylic oxidation sites excluding steroid dienone is 10. The van der Waals surface area contributed by atoms with Gasteiger partial charge in [0.1, 0.15) is 5.76 Å². The molecule has 0 N–H and O–H groups in total. The highest BCUT2D eigenvalue weighted by molar-refractivity contribution is 6.11. The quantitative estimate of drug-likeness (QED) is 0.134. The van der Waals surface area contributed by atoms with Crippen LogP contribution in [0.4, 0.5) is 5.69 Å². The average molecular weight is 688 g/mol. The van der Waals surface area contributed by atoms with Gasteiger partial charge in [-0.05, 0) is 86.5 Å². The fourth-order valence-corrected chi connectivity index (χ4v) is 7.62. The lowest BCUT2D eigenvalue weighted by atomic mass is 10.0. The molecule has 4 aromatic carbocycles. The lowest BCUT2D eigenvalue weighted by molar-refractivity contribution is 0.597. The van der Waals surface area contributed by atoms with Crippen molar-refractivity contribution in [2.24, 2.45) is 0 Å². The summed E-state index contributed by atoms with van der Waals surface area (Å²) in [6.07, 6.45) is 30.4. The number of furan rings is 1. The first kappa shape index (κ1) is 33.4. The predicted molar refractivity (Wildman–Crippen MR) is 228 cm³/mol. The Bertz CT molecular complexity index is 2840. The molecule has 258 valence electrons. The third kappa shape index (κ3) is 5.84. The summed E-state index contributed by atoms with van der Waals surface area (Å²) in [4.78, 5) is 2.23. The van der Waals surface area contributed by atoms with Crippen LogP contribution < -0.4 is 15.5 Å². The molecule has 0 fully saturated rings. The van der Waals surface area contributed by atoms with Gasteiger partial charge in [0.15, 0.2) is 5.58 Å². The number of hydrogen-bond acceptors (Lipinski definition) is 2. The van der Waals surface area contributed by atoms with E-state index < -0.39 is 0 Å². The van der Waals surface area contributed by atoms with Crippen molar-refractivity contribution in [2.45, 2.75) is 19.8 Å². The van der Waals surface area contributed by atoms with Crippen molar-refractivity contribution in [2.75, 3.05) is 4.90 Å². The zero-order valence-corrected chi connectivity index (χ0v) is 30.0. The van der Waals surface area contributed by atoms with Crippen LogP contribution in [0, 0.1) is 0 Å². The van der Waals surface area contributed by atoms with E-state index in [1.807, 2.05) is 49.4 Å². The van der Waals surface area contributed by atoms with Gasteiger partial charge in [-0.1, -0.05) is 111 Å². The van der Waals surface area contributed by atoms with Gasteiger partial charge in [0.25, 0.3) is 0 Å². The van der Waals surface area contributed by atoms with Gasteiger partial charge in [-0.3, -0.25) is 0 Å². The second-order valence-corrected chi connectivity index (χ2v) is 13.0. The number of aromatic nitrogens is 2. The van der Waals surface area contributed by atoms with E-state index in [0.29, 0.717) is 0 Å². The molecule has 0 unspecified atom stereocenters. The number of fused-ring (bicyclic) bond motifs is 8. The Morgan fingerprint density at radius 2 is 1.60 bits per heavy atom. The van der Waals surface area contributed by atoms with Crippen molar-refractivity contribution in [1.29, 1.82) is 0 Å². The Hall–Kier alpha value is -6.78. The van der Waals surface area contributed by atoms with Gasteiger partial charge >= 0.3 is 0 Å². The largest absolute Gasteiger partial charge is 0.454 e. The molecule has 7 aromatic rings. The Kier molecular flexibility index (Phi) is 9.10. The van der Waals surface area contributed by atoms with Crippen LogP contribution in [-0.4, -0.2) is 9.13 Å². The number of anilines is 1. The highest BCUT2D eigenvalue weighted by atomic mass is 16.3. The smallest absolute Gasteiger partial charge is 0.159 e. The van der Waals surface area contributed by atoms with E-state index >= 15 is 0 Å². The highest BCUT2D eigenvalue weighted by Crippen LogP contribution is 2.37. The molecule has 53 heavy (non-hydrogen) atoms. The van der Waals surface area contributed by atoms with Crippen LogP contribution in [0.1, 0.15) is 24.7 Å². The minimum absolute atomic E-state index is 0.887. The van der Waals surface area contributed by atoms with E-state index in [0.717, 1.165) is 84.5 Å². The topological polar surface area (TPSA) is 26.2 Å². The summed E-state index contributed by atoms with van der Waals surface area (Å²) >= 11 is 0. The van der Waals surface area contributed by atoms with Crippen LogP contribution in [0.5, 0.6) is 0 Å². The minimum atomic E-state index is 0.887. The molecule has 0 saturated heterocycles. The molecule has 4 heteroatoms. The number of nitrogens with zero attached hydrogens (tertiary/aromatic N) is 3. The highest BCUT2D eigenvalue weighted by Gasteiger charge is 2.22. The van der Waals surface area contributed by atoms with Gasteiger partial charge in [-0.2, -0.15) is 0 Å². The summed E-state index contributed by atoms with van der Waals surface area (Å²) < 4.78 is 11.4. The molecule has 0 bridgehead atoms.